The van der Waals surface area contributed by atoms with E-state index in [1.54, 1.807) is 34.0 Å². The Labute approximate surface area is 241 Å². The van der Waals surface area contributed by atoms with E-state index in [9.17, 15) is 9.59 Å². The lowest BCUT2D eigenvalue weighted by atomic mass is 10.1. The molecule has 0 spiro atoms. The maximum absolute atomic E-state index is 13.1. The van der Waals surface area contributed by atoms with E-state index in [2.05, 4.69) is 21.9 Å². The molecule has 1 fully saturated rings. The van der Waals surface area contributed by atoms with Gasteiger partial charge in [-0.05, 0) is 49.2 Å². The van der Waals surface area contributed by atoms with Crippen LogP contribution in [0.1, 0.15) is 29.2 Å². The molecule has 3 N–H and O–H groups in total. The van der Waals surface area contributed by atoms with E-state index in [1.165, 1.54) is 6.33 Å². The van der Waals surface area contributed by atoms with Gasteiger partial charge in [0.25, 0.3) is 5.91 Å². The van der Waals surface area contributed by atoms with Crippen LogP contribution in [-0.2, 0) is 9.63 Å². The Hall–Kier alpha value is -5.17. The molecule has 2 aliphatic heterocycles. The second-order valence-electron chi connectivity index (χ2n) is 10.2. The lowest BCUT2D eigenvalue weighted by Gasteiger charge is -2.31. The lowest BCUT2D eigenvalue weighted by Crippen LogP contribution is -2.38. The van der Waals surface area contributed by atoms with E-state index >= 15 is 0 Å². The van der Waals surface area contributed by atoms with Gasteiger partial charge in [-0.25, -0.2) is 19.4 Å². The number of carbonyl (C=O) groups excluding carboxylic acids is 2. The SMILES string of the molecule is C=CC(=O)ON1CCC[C@@H](n2nc(-c3ccc(NC(=O)c4ccc(N(C)C)cc4)c4c3OCO4)c3c(N)ncnc32)C1. The van der Waals surface area contributed by atoms with E-state index in [-0.39, 0.29) is 24.6 Å². The fourth-order valence-corrected chi connectivity index (χ4v) is 5.19. The van der Waals surface area contributed by atoms with Crippen LogP contribution in [0.3, 0.4) is 0 Å². The number of hydrogen-bond acceptors (Lipinski definition) is 11. The first-order valence-corrected chi connectivity index (χ1v) is 13.4. The first-order chi connectivity index (χ1) is 20.3. The summed E-state index contributed by atoms with van der Waals surface area (Å²) in [7, 11) is 3.88. The number of nitrogen functional groups attached to an aromatic ring is 1. The zero-order valence-electron chi connectivity index (χ0n) is 23.2. The Morgan fingerprint density at radius 3 is 2.69 bits per heavy atom. The fraction of sp³-hybridized carbons (Fsp3) is 0.276. The molecule has 4 heterocycles. The summed E-state index contributed by atoms with van der Waals surface area (Å²) in [4.78, 5) is 40.9. The van der Waals surface area contributed by atoms with Gasteiger partial charge in [0.15, 0.2) is 17.1 Å². The number of piperidine rings is 1. The summed E-state index contributed by atoms with van der Waals surface area (Å²) in [6.07, 6.45) is 4.10. The van der Waals surface area contributed by atoms with Crippen molar-refractivity contribution in [2.75, 3.05) is 49.9 Å². The summed E-state index contributed by atoms with van der Waals surface area (Å²) in [5.74, 6) is 0.286. The van der Waals surface area contributed by atoms with Crippen LogP contribution in [-0.4, -0.2) is 70.7 Å². The fourth-order valence-electron chi connectivity index (χ4n) is 5.19. The largest absolute Gasteiger partial charge is 0.453 e. The first kappa shape index (κ1) is 27.0. The monoisotopic (exact) mass is 570 g/mol. The van der Waals surface area contributed by atoms with Crippen molar-refractivity contribution >= 4 is 40.1 Å². The number of anilines is 3. The van der Waals surface area contributed by atoms with E-state index in [1.807, 2.05) is 31.1 Å². The highest BCUT2D eigenvalue weighted by atomic mass is 16.7. The highest BCUT2D eigenvalue weighted by molar-refractivity contribution is 6.06. The Morgan fingerprint density at radius 2 is 1.93 bits per heavy atom. The number of benzene rings is 2. The van der Waals surface area contributed by atoms with Gasteiger partial charge in [0.05, 0.1) is 23.7 Å². The molecule has 1 amide bonds. The minimum atomic E-state index is -0.515. The molecule has 4 aromatic rings. The second kappa shape index (κ2) is 11.0. The summed E-state index contributed by atoms with van der Waals surface area (Å²) < 4.78 is 13.5. The van der Waals surface area contributed by atoms with Crippen LogP contribution >= 0.6 is 0 Å². The van der Waals surface area contributed by atoms with Gasteiger partial charge in [-0.2, -0.15) is 5.10 Å². The van der Waals surface area contributed by atoms with E-state index in [0.717, 1.165) is 24.6 Å². The molecule has 13 nitrogen and oxygen atoms in total. The molecular weight excluding hydrogens is 540 g/mol. The van der Waals surface area contributed by atoms with Gasteiger partial charge < -0.3 is 30.3 Å². The molecule has 2 aliphatic rings. The summed E-state index contributed by atoms with van der Waals surface area (Å²) >= 11 is 0. The molecule has 0 unspecified atom stereocenters. The quantitative estimate of drug-likeness (QED) is 0.315. The number of aromatic nitrogens is 4. The molecule has 13 heteroatoms. The number of carbonyl (C=O) groups is 2. The van der Waals surface area contributed by atoms with E-state index < -0.39 is 5.97 Å². The van der Waals surface area contributed by atoms with Crippen molar-refractivity contribution in [2.45, 2.75) is 18.9 Å². The second-order valence-corrected chi connectivity index (χ2v) is 10.2. The number of nitrogens with two attached hydrogens (primary N) is 1. The maximum atomic E-state index is 13.1. The van der Waals surface area contributed by atoms with Crippen LogP contribution in [0.25, 0.3) is 22.3 Å². The van der Waals surface area contributed by atoms with Gasteiger partial charge in [0.2, 0.25) is 6.79 Å². The number of hydrogen-bond donors (Lipinski definition) is 2. The topological polar surface area (TPSA) is 150 Å². The lowest BCUT2D eigenvalue weighted by molar-refractivity contribution is -0.191. The molecule has 0 aliphatic carbocycles. The molecule has 216 valence electrons. The van der Waals surface area contributed by atoms with Gasteiger partial charge in [-0.3, -0.25) is 4.79 Å². The standard InChI is InChI=1S/C29H30N8O5/c1-4-22(38)42-36-13-5-6-19(14-36)37-28-23(27(30)31-15-32-28)24(34-37)20-11-12-21(26-25(20)40-16-41-26)33-29(39)17-7-9-18(10-8-17)35(2)3/h4,7-12,15,19H,1,5-6,13-14,16H2,2-3H3,(H,33,39)(H2,30,31,32)/t19-/m1/s1. The minimum absolute atomic E-state index is 0.0242. The van der Waals surface area contributed by atoms with E-state index in [0.29, 0.717) is 58.1 Å². The third-order valence-electron chi connectivity index (χ3n) is 7.28. The molecule has 1 atom stereocenters. The average molecular weight is 571 g/mol. The van der Waals surface area contributed by atoms with Crippen LogP contribution < -0.4 is 25.4 Å². The normalized spacial score (nSPS) is 16.3. The Morgan fingerprint density at radius 1 is 1.14 bits per heavy atom. The minimum Gasteiger partial charge on any atom is -0.453 e. The number of fused-ring (bicyclic) bond motifs is 2. The van der Waals surface area contributed by atoms with E-state index in [4.69, 9.17) is 25.1 Å². The highest BCUT2D eigenvalue weighted by Crippen LogP contribution is 2.48. The molecule has 42 heavy (non-hydrogen) atoms. The Kier molecular flexibility index (Phi) is 7.08. The molecule has 0 bridgehead atoms. The smallest absolute Gasteiger partial charge is 0.349 e. The zero-order valence-corrected chi connectivity index (χ0v) is 23.2. The maximum Gasteiger partial charge on any atom is 0.349 e. The number of nitrogens with one attached hydrogen (secondary N) is 1. The molecular formula is C29H30N8O5. The third-order valence-corrected chi connectivity index (χ3v) is 7.28. The number of ether oxygens (including phenoxy) is 2. The van der Waals surface area contributed by atoms with Crippen LogP contribution in [0.4, 0.5) is 17.2 Å². The average Bonchev–Trinajstić information content (AvgIpc) is 3.64. The predicted octanol–water partition coefficient (Wildman–Crippen LogP) is 3.40. The van der Waals surface area contributed by atoms with Crippen molar-refractivity contribution in [2.24, 2.45) is 0 Å². The van der Waals surface area contributed by atoms with Crippen molar-refractivity contribution in [1.82, 2.24) is 24.8 Å². The van der Waals surface area contributed by atoms with Gasteiger partial charge in [0, 0.05) is 43.5 Å². The predicted molar refractivity (Wildman–Crippen MR) is 156 cm³/mol. The van der Waals surface area contributed by atoms with Crippen molar-refractivity contribution in [1.29, 1.82) is 0 Å². The molecule has 1 saturated heterocycles. The Balaban J connectivity index is 1.35. The van der Waals surface area contributed by atoms with Crippen LogP contribution in [0, 0.1) is 0 Å². The highest BCUT2D eigenvalue weighted by Gasteiger charge is 2.31. The zero-order chi connectivity index (χ0) is 29.4. The molecule has 0 saturated carbocycles. The summed E-state index contributed by atoms with van der Waals surface area (Å²) in [6.45, 7) is 4.46. The molecule has 2 aromatic carbocycles. The molecule has 0 radical (unpaired) electrons. The van der Waals surface area contributed by atoms with Gasteiger partial charge in [0.1, 0.15) is 17.8 Å². The summed E-state index contributed by atoms with van der Waals surface area (Å²) in [5.41, 5.74) is 10.00. The van der Waals surface area contributed by atoms with Crippen LogP contribution in [0.15, 0.2) is 55.4 Å². The number of hydroxylamine groups is 2. The van der Waals surface area contributed by atoms with Crippen molar-refractivity contribution in [3.8, 4) is 22.8 Å². The van der Waals surface area contributed by atoms with Crippen molar-refractivity contribution < 1.29 is 23.9 Å². The molecule has 2 aromatic heterocycles. The van der Waals surface area contributed by atoms with Gasteiger partial charge in [-0.1, -0.05) is 6.58 Å². The first-order valence-electron chi connectivity index (χ1n) is 13.4. The van der Waals surface area contributed by atoms with Crippen molar-refractivity contribution in [3.63, 3.8) is 0 Å². The number of nitrogens with zero attached hydrogens (tertiary/aromatic N) is 6. The summed E-state index contributed by atoms with van der Waals surface area (Å²) in [5, 5.41) is 10.0. The Bertz CT molecular complexity index is 1680. The number of rotatable bonds is 7. The number of amides is 1. The van der Waals surface area contributed by atoms with Crippen LogP contribution in [0.5, 0.6) is 11.5 Å². The summed E-state index contributed by atoms with van der Waals surface area (Å²) in [6, 6.07) is 10.7. The van der Waals surface area contributed by atoms with Crippen molar-refractivity contribution in [3.05, 3.63) is 60.9 Å². The van der Waals surface area contributed by atoms with Gasteiger partial charge >= 0.3 is 5.97 Å². The third kappa shape index (κ3) is 4.94. The van der Waals surface area contributed by atoms with Gasteiger partial charge in [-0.15, -0.1) is 5.06 Å². The van der Waals surface area contributed by atoms with Crippen LogP contribution in [0.2, 0.25) is 0 Å². The molecule has 6 rings (SSSR count).